The smallest absolute Gasteiger partial charge is 0.129 e. The predicted octanol–water partition coefficient (Wildman–Crippen LogP) is 1.53. The Balaban J connectivity index is 2.07. The second-order valence-electron chi connectivity index (χ2n) is 3.91. The van der Waals surface area contributed by atoms with Gasteiger partial charge in [-0.3, -0.25) is 0 Å². The van der Waals surface area contributed by atoms with Gasteiger partial charge in [0.25, 0.3) is 0 Å². The summed E-state index contributed by atoms with van der Waals surface area (Å²) in [6, 6.07) is 5.47. The summed E-state index contributed by atoms with van der Waals surface area (Å²) in [4.78, 5) is 0. The van der Waals surface area contributed by atoms with Crippen LogP contribution in [0.15, 0.2) is 18.2 Å². The molecule has 0 saturated carbocycles. The van der Waals surface area contributed by atoms with Crippen molar-refractivity contribution in [2.75, 3.05) is 20.3 Å². The first-order valence-electron chi connectivity index (χ1n) is 5.31. The molecule has 2 rings (SSSR count). The number of rotatable bonds is 4. The molecule has 0 saturated heterocycles. The van der Waals surface area contributed by atoms with Crippen LogP contribution in [0, 0.1) is 0 Å². The van der Waals surface area contributed by atoms with Crippen LogP contribution in [-0.2, 0) is 4.74 Å². The Hall–Kier alpha value is -1.26. The minimum atomic E-state index is -0.513. The van der Waals surface area contributed by atoms with E-state index < -0.39 is 6.10 Å². The molecule has 4 heteroatoms. The van der Waals surface area contributed by atoms with Gasteiger partial charge in [0.1, 0.15) is 30.3 Å². The monoisotopic (exact) mass is 224 g/mol. The quantitative estimate of drug-likeness (QED) is 0.842. The molecule has 0 aliphatic carbocycles. The molecule has 1 aromatic carbocycles. The first-order valence-corrected chi connectivity index (χ1v) is 5.31. The van der Waals surface area contributed by atoms with E-state index in [1.165, 1.54) is 0 Å². The number of aliphatic hydroxyl groups is 1. The number of benzene rings is 1. The third kappa shape index (κ3) is 2.28. The minimum absolute atomic E-state index is 0.00521. The largest absolute Gasteiger partial charge is 0.490 e. The standard InChI is InChI=1S/C12H16O4/c1-8(6-14-2)16-9-3-4-10-11(13)7-15-12(10)5-9/h3-5,8,11,13H,6-7H2,1-2H3. The maximum atomic E-state index is 9.55. The van der Waals surface area contributed by atoms with E-state index in [2.05, 4.69) is 0 Å². The molecule has 0 aromatic heterocycles. The van der Waals surface area contributed by atoms with E-state index in [4.69, 9.17) is 14.2 Å². The maximum Gasteiger partial charge on any atom is 0.129 e. The van der Waals surface area contributed by atoms with Gasteiger partial charge >= 0.3 is 0 Å². The van der Waals surface area contributed by atoms with Crippen LogP contribution in [0.1, 0.15) is 18.6 Å². The summed E-state index contributed by atoms with van der Waals surface area (Å²) >= 11 is 0. The van der Waals surface area contributed by atoms with Crippen LogP contribution in [-0.4, -0.2) is 31.5 Å². The molecule has 16 heavy (non-hydrogen) atoms. The molecule has 88 valence electrons. The van der Waals surface area contributed by atoms with Gasteiger partial charge in [0, 0.05) is 18.7 Å². The SMILES string of the molecule is COCC(C)Oc1ccc2c(c1)OCC2O. The molecule has 0 radical (unpaired) electrons. The Morgan fingerprint density at radius 2 is 2.38 bits per heavy atom. The zero-order valence-electron chi connectivity index (χ0n) is 9.47. The Morgan fingerprint density at radius 3 is 3.12 bits per heavy atom. The Bertz CT molecular complexity index is 364. The van der Waals surface area contributed by atoms with E-state index in [1.807, 2.05) is 19.1 Å². The fourth-order valence-corrected chi connectivity index (χ4v) is 1.75. The lowest BCUT2D eigenvalue weighted by molar-refractivity contribution is 0.0919. The van der Waals surface area contributed by atoms with Gasteiger partial charge < -0.3 is 19.3 Å². The molecule has 1 aliphatic rings. The molecule has 0 spiro atoms. The van der Waals surface area contributed by atoms with E-state index >= 15 is 0 Å². The lowest BCUT2D eigenvalue weighted by atomic mass is 10.1. The van der Waals surface area contributed by atoms with Crippen molar-refractivity contribution in [2.24, 2.45) is 0 Å². The predicted molar refractivity (Wildman–Crippen MR) is 58.9 cm³/mol. The van der Waals surface area contributed by atoms with Crippen LogP contribution in [0.25, 0.3) is 0 Å². The summed E-state index contributed by atoms with van der Waals surface area (Å²) in [7, 11) is 1.64. The number of fused-ring (bicyclic) bond motifs is 1. The first-order chi connectivity index (χ1) is 7.70. The molecule has 1 aromatic rings. The van der Waals surface area contributed by atoms with Gasteiger partial charge in [0.05, 0.1) is 6.61 Å². The van der Waals surface area contributed by atoms with Crippen molar-refractivity contribution in [1.29, 1.82) is 0 Å². The Labute approximate surface area is 94.8 Å². The third-order valence-electron chi connectivity index (χ3n) is 2.48. The number of methoxy groups -OCH3 is 1. The molecule has 2 atom stereocenters. The Morgan fingerprint density at radius 1 is 1.56 bits per heavy atom. The van der Waals surface area contributed by atoms with Gasteiger partial charge in [-0.05, 0) is 19.1 Å². The van der Waals surface area contributed by atoms with Crippen molar-refractivity contribution in [2.45, 2.75) is 19.1 Å². The van der Waals surface area contributed by atoms with Crippen molar-refractivity contribution in [3.8, 4) is 11.5 Å². The van der Waals surface area contributed by atoms with Crippen LogP contribution in [0.4, 0.5) is 0 Å². The summed E-state index contributed by atoms with van der Waals surface area (Å²) < 4.78 is 15.9. The van der Waals surface area contributed by atoms with Crippen LogP contribution >= 0.6 is 0 Å². The van der Waals surface area contributed by atoms with Crippen molar-refractivity contribution >= 4 is 0 Å². The highest BCUT2D eigenvalue weighted by Gasteiger charge is 2.22. The topological polar surface area (TPSA) is 47.9 Å². The molecular weight excluding hydrogens is 208 g/mol. The van der Waals surface area contributed by atoms with Crippen molar-refractivity contribution in [3.63, 3.8) is 0 Å². The molecule has 0 bridgehead atoms. The Kier molecular flexibility index (Phi) is 3.31. The summed E-state index contributed by atoms with van der Waals surface area (Å²) in [5.41, 5.74) is 0.826. The summed E-state index contributed by atoms with van der Waals surface area (Å²) in [6.45, 7) is 2.80. The van der Waals surface area contributed by atoms with Gasteiger partial charge in [-0.15, -0.1) is 0 Å². The van der Waals surface area contributed by atoms with Crippen LogP contribution < -0.4 is 9.47 Å². The van der Waals surface area contributed by atoms with E-state index in [0.717, 1.165) is 11.3 Å². The molecule has 4 nitrogen and oxygen atoms in total. The normalized spacial score (nSPS) is 20.1. The zero-order chi connectivity index (χ0) is 11.5. The molecule has 2 unspecified atom stereocenters. The number of aliphatic hydroxyl groups excluding tert-OH is 1. The number of hydrogen-bond donors (Lipinski definition) is 1. The van der Waals surface area contributed by atoms with E-state index in [9.17, 15) is 5.11 Å². The highest BCUT2D eigenvalue weighted by Crippen LogP contribution is 2.35. The van der Waals surface area contributed by atoms with Gasteiger partial charge in [0.15, 0.2) is 0 Å². The molecule has 0 fully saturated rings. The molecule has 1 heterocycles. The summed E-state index contributed by atoms with van der Waals surface area (Å²) in [6.07, 6.45) is -0.519. The highest BCUT2D eigenvalue weighted by molar-refractivity contribution is 5.44. The number of hydrogen-bond acceptors (Lipinski definition) is 4. The second kappa shape index (κ2) is 4.72. The fourth-order valence-electron chi connectivity index (χ4n) is 1.75. The zero-order valence-corrected chi connectivity index (χ0v) is 9.47. The van der Waals surface area contributed by atoms with Gasteiger partial charge in [-0.25, -0.2) is 0 Å². The lowest BCUT2D eigenvalue weighted by Crippen LogP contribution is -2.17. The van der Waals surface area contributed by atoms with Crippen molar-refractivity contribution < 1.29 is 19.3 Å². The summed E-state index contributed by atoms with van der Waals surface area (Å²) in [5.74, 6) is 1.44. The average molecular weight is 224 g/mol. The van der Waals surface area contributed by atoms with E-state index in [-0.39, 0.29) is 6.10 Å². The maximum absolute atomic E-state index is 9.55. The van der Waals surface area contributed by atoms with E-state index in [0.29, 0.717) is 19.0 Å². The van der Waals surface area contributed by atoms with Crippen molar-refractivity contribution in [1.82, 2.24) is 0 Å². The molecule has 0 amide bonds. The van der Waals surface area contributed by atoms with Crippen LogP contribution in [0.3, 0.4) is 0 Å². The third-order valence-corrected chi connectivity index (χ3v) is 2.48. The minimum Gasteiger partial charge on any atom is -0.490 e. The van der Waals surface area contributed by atoms with Crippen molar-refractivity contribution in [3.05, 3.63) is 23.8 Å². The van der Waals surface area contributed by atoms with Crippen LogP contribution in [0.2, 0.25) is 0 Å². The summed E-state index contributed by atoms with van der Waals surface area (Å²) in [5, 5.41) is 9.55. The first kappa shape index (κ1) is 11.2. The average Bonchev–Trinajstić information content (AvgIpc) is 2.60. The lowest BCUT2D eigenvalue weighted by Gasteiger charge is -2.14. The van der Waals surface area contributed by atoms with Gasteiger partial charge in [0.2, 0.25) is 0 Å². The highest BCUT2D eigenvalue weighted by atomic mass is 16.5. The molecule has 1 aliphatic heterocycles. The second-order valence-corrected chi connectivity index (χ2v) is 3.91. The fraction of sp³-hybridized carbons (Fsp3) is 0.500. The number of ether oxygens (including phenoxy) is 3. The van der Waals surface area contributed by atoms with Gasteiger partial charge in [-0.2, -0.15) is 0 Å². The van der Waals surface area contributed by atoms with E-state index in [1.54, 1.807) is 13.2 Å². The molecular formula is C12H16O4. The van der Waals surface area contributed by atoms with Crippen LogP contribution in [0.5, 0.6) is 11.5 Å². The molecule has 1 N–H and O–H groups in total. The van der Waals surface area contributed by atoms with Gasteiger partial charge in [-0.1, -0.05) is 0 Å².